The summed E-state index contributed by atoms with van der Waals surface area (Å²) < 4.78 is 36.3. The first-order chi connectivity index (χ1) is 14.2. The molecule has 0 bridgehead atoms. The molecule has 1 N–H and O–H groups in total. The molecule has 0 aromatic heterocycles. The molecule has 2 aromatic carbocycles. The van der Waals surface area contributed by atoms with Crippen molar-refractivity contribution in [2.24, 2.45) is 0 Å². The van der Waals surface area contributed by atoms with E-state index in [9.17, 15) is 13.2 Å². The maximum absolute atomic E-state index is 12.6. The molecular weight excluding hydrogens is 404 g/mol. The van der Waals surface area contributed by atoms with Crippen LogP contribution < -0.4 is 19.1 Å². The molecule has 0 fully saturated rings. The van der Waals surface area contributed by atoms with Gasteiger partial charge in [0.2, 0.25) is 15.9 Å². The topological polar surface area (TPSA) is 84.9 Å². The highest BCUT2D eigenvalue weighted by molar-refractivity contribution is 7.92. The Morgan fingerprint density at radius 1 is 1.07 bits per heavy atom. The van der Waals surface area contributed by atoms with E-state index in [1.54, 1.807) is 33.3 Å². The van der Waals surface area contributed by atoms with Crippen molar-refractivity contribution in [3.05, 3.63) is 53.6 Å². The number of hydrogen-bond donors (Lipinski definition) is 1. The molecule has 0 unspecified atom stereocenters. The molecule has 0 aliphatic carbocycles. The summed E-state index contributed by atoms with van der Waals surface area (Å²) in [6, 6.07) is 11.9. The lowest BCUT2D eigenvalue weighted by molar-refractivity contribution is -0.121. The third kappa shape index (κ3) is 6.13. The zero-order valence-electron chi connectivity index (χ0n) is 18.1. The van der Waals surface area contributed by atoms with Crippen molar-refractivity contribution in [3.8, 4) is 11.5 Å². The minimum Gasteiger partial charge on any atom is -0.493 e. The molecule has 2 aromatic rings. The van der Waals surface area contributed by atoms with Gasteiger partial charge >= 0.3 is 0 Å². The van der Waals surface area contributed by atoms with Crippen LogP contribution in [-0.2, 0) is 21.2 Å². The van der Waals surface area contributed by atoms with Crippen LogP contribution in [0.4, 0.5) is 5.69 Å². The van der Waals surface area contributed by atoms with E-state index in [4.69, 9.17) is 9.47 Å². The molecule has 0 aliphatic heterocycles. The van der Waals surface area contributed by atoms with Gasteiger partial charge in [-0.1, -0.05) is 23.8 Å². The van der Waals surface area contributed by atoms with Crippen LogP contribution in [-0.4, -0.2) is 47.4 Å². The van der Waals surface area contributed by atoms with E-state index >= 15 is 0 Å². The van der Waals surface area contributed by atoms with Crippen molar-refractivity contribution in [2.75, 3.05) is 31.3 Å². The Morgan fingerprint density at radius 2 is 1.70 bits per heavy atom. The molecule has 0 aliphatic rings. The van der Waals surface area contributed by atoms with Crippen LogP contribution in [0.3, 0.4) is 0 Å². The molecule has 0 saturated carbocycles. The molecule has 0 saturated heterocycles. The first-order valence-corrected chi connectivity index (χ1v) is 11.6. The molecular formula is C22H30N2O5S. The summed E-state index contributed by atoms with van der Waals surface area (Å²) in [7, 11) is -0.440. The number of sulfonamides is 1. The number of aryl methyl sites for hydroxylation is 2. The molecule has 30 heavy (non-hydrogen) atoms. The normalized spacial score (nSPS) is 12.2. The van der Waals surface area contributed by atoms with E-state index in [0.717, 1.165) is 28.1 Å². The van der Waals surface area contributed by atoms with E-state index in [2.05, 4.69) is 5.32 Å². The van der Waals surface area contributed by atoms with Gasteiger partial charge in [-0.25, -0.2) is 8.42 Å². The van der Waals surface area contributed by atoms with Crippen molar-refractivity contribution in [1.82, 2.24) is 5.32 Å². The highest BCUT2D eigenvalue weighted by atomic mass is 32.2. The molecule has 2 rings (SSSR count). The van der Waals surface area contributed by atoms with Crippen molar-refractivity contribution in [1.29, 1.82) is 0 Å². The quantitative estimate of drug-likeness (QED) is 0.581. The van der Waals surface area contributed by atoms with E-state index in [1.807, 2.05) is 37.3 Å². The van der Waals surface area contributed by atoms with Gasteiger partial charge in [0.25, 0.3) is 0 Å². The molecule has 0 radical (unpaired) electrons. The number of rotatable bonds is 10. The Hall–Kier alpha value is -2.74. The molecule has 0 spiro atoms. The maximum atomic E-state index is 12.6. The van der Waals surface area contributed by atoms with Gasteiger partial charge < -0.3 is 14.8 Å². The Kier molecular flexibility index (Phi) is 8.11. The Bertz CT molecular complexity index is 958. The second kappa shape index (κ2) is 10.3. The predicted molar refractivity (Wildman–Crippen MR) is 119 cm³/mol. The van der Waals surface area contributed by atoms with Gasteiger partial charge in [0, 0.05) is 6.54 Å². The standard InChI is InChI=1S/C22H30N2O5S/c1-16-8-11-19(12-9-16)24(30(5,26)27)17(2)22(25)23-14-6-7-18-10-13-20(28-3)21(15-18)29-4/h8-13,15,17H,6-7,14H2,1-5H3,(H,23,25)/t17-/m1/s1. The SMILES string of the molecule is COc1ccc(CCCNC(=O)[C@@H](C)N(c2ccc(C)cc2)S(C)(=O)=O)cc1OC. The second-order valence-electron chi connectivity index (χ2n) is 7.15. The number of amides is 1. The van der Waals surface area contributed by atoms with Gasteiger partial charge in [0.15, 0.2) is 11.5 Å². The van der Waals surface area contributed by atoms with Crippen LogP contribution in [0.2, 0.25) is 0 Å². The summed E-state index contributed by atoms with van der Waals surface area (Å²) >= 11 is 0. The fourth-order valence-corrected chi connectivity index (χ4v) is 4.36. The molecule has 7 nitrogen and oxygen atoms in total. The van der Waals surface area contributed by atoms with Gasteiger partial charge in [0.05, 0.1) is 26.2 Å². The smallest absolute Gasteiger partial charge is 0.243 e. The minimum atomic E-state index is -3.62. The number of benzene rings is 2. The average molecular weight is 435 g/mol. The third-order valence-corrected chi connectivity index (χ3v) is 6.01. The minimum absolute atomic E-state index is 0.340. The number of carbonyl (C=O) groups excluding carboxylic acids is 1. The van der Waals surface area contributed by atoms with Crippen LogP contribution in [0, 0.1) is 6.92 Å². The van der Waals surface area contributed by atoms with E-state index in [-0.39, 0.29) is 5.91 Å². The van der Waals surface area contributed by atoms with Gasteiger partial charge in [0.1, 0.15) is 6.04 Å². The summed E-state index contributed by atoms with van der Waals surface area (Å²) in [6.07, 6.45) is 2.55. The molecule has 1 atom stereocenters. The van der Waals surface area contributed by atoms with Crippen molar-refractivity contribution < 1.29 is 22.7 Å². The lowest BCUT2D eigenvalue weighted by atomic mass is 10.1. The van der Waals surface area contributed by atoms with E-state index < -0.39 is 16.1 Å². The summed E-state index contributed by atoms with van der Waals surface area (Å²) in [6.45, 7) is 3.94. The van der Waals surface area contributed by atoms with Crippen molar-refractivity contribution in [3.63, 3.8) is 0 Å². The highest BCUT2D eigenvalue weighted by Crippen LogP contribution is 2.28. The second-order valence-corrected chi connectivity index (χ2v) is 9.01. The summed E-state index contributed by atoms with van der Waals surface area (Å²) in [4.78, 5) is 12.6. The first kappa shape index (κ1) is 23.5. The maximum Gasteiger partial charge on any atom is 0.243 e. The van der Waals surface area contributed by atoms with Crippen LogP contribution in [0.5, 0.6) is 11.5 Å². The monoisotopic (exact) mass is 434 g/mol. The van der Waals surface area contributed by atoms with Gasteiger partial charge in [-0.3, -0.25) is 9.10 Å². The fourth-order valence-electron chi connectivity index (χ4n) is 3.19. The number of methoxy groups -OCH3 is 2. The van der Waals surface area contributed by atoms with Gasteiger partial charge in [-0.2, -0.15) is 0 Å². The lowest BCUT2D eigenvalue weighted by Gasteiger charge is -2.28. The van der Waals surface area contributed by atoms with E-state index in [0.29, 0.717) is 30.2 Å². The number of nitrogens with zero attached hydrogens (tertiary/aromatic N) is 1. The summed E-state index contributed by atoms with van der Waals surface area (Å²) in [5.41, 5.74) is 2.54. The highest BCUT2D eigenvalue weighted by Gasteiger charge is 2.28. The molecule has 8 heteroatoms. The average Bonchev–Trinajstić information content (AvgIpc) is 2.71. The number of hydrogen-bond acceptors (Lipinski definition) is 5. The molecule has 164 valence electrons. The van der Waals surface area contributed by atoms with Crippen molar-refractivity contribution >= 4 is 21.6 Å². The largest absolute Gasteiger partial charge is 0.493 e. The van der Waals surface area contributed by atoms with Crippen LogP contribution in [0.15, 0.2) is 42.5 Å². The van der Waals surface area contributed by atoms with Gasteiger partial charge in [-0.05, 0) is 56.5 Å². The summed E-state index contributed by atoms with van der Waals surface area (Å²) in [5, 5.41) is 2.84. The van der Waals surface area contributed by atoms with Crippen LogP contribution in [0.25, 0.3) is 0 Å². The Morgan fingerprint density at radius 3 is 2.27 bits per heavy atom. The third-order valence-electron chi connectivity index (χ3n) is 4.77. The first-order valence-electron chi connectivity index (χ1n) is 9.72. The number of ether oxygens (including phenoxy) is 2. The fraction of sp³-hybridized carbons (Fsp3) is 0.409. The van der Waals surface area contributed by atoms with Crippen LogP contribution >= 0.6 is 0 Å². The van der Waals surface area contributed by atoms with E-state index in [1.165, 1.54) is 0 Å². The van der Waals surface area contributed by atoms with Gasteiger partial charge in [-0.15, -0.1) is 0 Å². The molecule has 1 amide bonds. The Labute approximate surface area is 179 Å². The zero-order valence-corrected chi connectivity index (χ0v) is 19.0. The van der Waals surface area contributed by atoms with Crippen molar-refractivity contribution in [2.45, 2.75) is 32.7 Å². The number of nitrogens with one attached hydrogen (secondary N) is 1. The lowest BCUT2D eigenvalue weighted by Crippen LogP contribution is -2.48. The molecule has 0 heterocycles. The number of anilines is 1. The number of carbonyl (C=O) groups is 1. The zero-order chi connectivity index (χ0) is 22.3. The van der Waals surface area contributed by atoms with Crippen LogP contribution in [0.1, 0.15) is 24.5 Å². The summed E-state index contributed by atoms with van der Waals surface area (Å²) in [5.74, 6) is 0.989. The Balaban J connectivity index is 1.96. The predicted octanol–water partition coefficient (Wildman–Crippen LogP) is 2.92.